The molecule has 1 amide bonds. The number of carbonyl (C=O) groups is 2. The average molecular weight is 350 g/mol. The van der Waals surface area contributed by atoms with Crippen LogP contribution in [0.4, 0.5) is 4.79 Å². The van der Waals surface area contributed by atoms with Crippen molar-refractivity contribution in [3.63, 3.8) is 0 Å². The van der Waals surface area contributed by atoms with Crippen LogP contribution in [0.3, 0.4) is 0 Å². The van der Waals surface area contributed by atoms with Crippen molar-refractivity contribution < 1.29 is 23.8 Å². The minimum absolute atomic E-state index is 0.0944. The highest BCUT2D eigenvalue weighted by Gasteiger charge is 2.26. The topological polar surface area (TPSA) is 92.9 Å². The Bertz CT molecular complexity index is 640. The van der Waals surface area contributed by atoms with Gasteiger partial charge in [0.25, 0.3) is 5.89 Å². The number of piperidine rings is 1. The Morgan fingerprint density at radius 2 is 1.92 bits per heavy atom. The van der Waals surface area contributed by atoms with Crippen molar-refractivity contribution in [3.05, 3.63) is 17.8 Å². The summed E-state index contributed by atoms with van der Waals surface area (Å²) in [6.07, 6.45) is 2.23. The predicted molar refractivity (Wildman–Crippen MR) is 92.2 cm³/mol. The van der Waals surface area contributed by atoms with Crippen LogP contribution in [0, 0.1) is 17.8 Å². The minimum atomic E-state index is -1.15. The Morgan fingerprint density at radius 3 is 2.40 bits per heavy atom. The second-order valence-electron chi connectivity index (χ2n) is 6.35. The van der Waals surface area contributed by atoms with Crippen LogP contribution >= 0.6 is 0 Å². The number of carboxylic acid groups (broad SMARTS) is 1. The van der Waals surface area contributed by atoms with E-state index >= 15 is 0 Å². The number of ether oxygens (including phenoxy) is 1. The molecule has 7 heteroatoms. The van der Waals surface area contributed by atoms with E-state index in [2.05, 4.69) is 16.8 Å². The number of oxazole rings is 1. The molecule has 0 atom stereocenters. The number of likely N-dealkylation sites (tertiary alicyclic amines) is 1. The zero-order valence-electron chi connectivity index (χ0n) is 15.5. The predicted octanol–water partition coefficient (Wildman–Crippen LogP) is 3.40. The summed E-state index contributed by atoms with van der Waals surface area (Å²) in [7, 11) is 0. The van der Waals surface area contributed by atoms with Gasteiger partial charge in [-0.15, -0.1) is 0 Å². The largest absolute Gasteiger partial charge is 0.476 e. The number of aromatic carboxylic acids is 1. The van der Waals surface area contributed by atoms with Crippen molar-refractivity contribution >= 4 is 12.1 Å². The Kier molecular flexibility index (Phi) is 7.49. The molecular weight excluding hydrogens is 324 g/mol. The number of amides is 1. The van der Waals surface area contributed by atoms with Crippen LogP contribution in [0.2, 0.25) is 0 Å². The second-order valence-corrected chi connectivity index (χ2v) is 6.35. The highest BCUT2D eigenvalue weighted by atomic mass is 16.6. The summed E-state index contributed by atoms with van der Waals surface area (Å²) in [5.74, 6) is 4.83. The second kappa shape index (κ2) is 9.11. The van der Waals surface area contributed by atoms with Gasteiger partial charge in [-0.2, -0.15) is 4.98 Å². The van der Waals surface area contributed by atoms with Crippen molar-refractivity contribution in [2.45, 2.75) is 53.1 Å². The Hall–Kier alpha value is -2.49. The lowest BCUT2D eigenvalue weighted by Crippen LogP contribution is -2.41. The molecule has 1 N–H and O–H groups in total. The van der Waals surface area contributed by atoms with Crippen LogP contribution in [-0.4, -0.2) is 45.7 Å². The average Bonchev–Trinajstić information content (AvgIpc) is 3.03. The van der Waals surface area contributed by atoms with Crippen LogP contribution in [0.25, 0.3) is 0 Å². The van der Waals surface area contributed by atoms with E-state index in [1.807, 2.05) is 34.6 Å². The van der Waals surface area contributed by atoms with Gasteiger partial charge in [0.05, 0.1) is 0 Å². The van der Waals surface area contributed by atoms with E-state index in [9.17, 15) is 9.59 Å². The molecule has 2 heterocycles. The van der Waals surface area contributed by atoms with E-state index in [4.69, 9.17) is 14.3 Å². The fourth-order valence-electron chi connectivity index (χ4n) is 2.13. The van der Waals surface area contributed by atoms with Gasteiger partial charge < -0.3 is 19.2 Å². The molecule has 1 fully saturated rings. The van der Waals surface area contributed by atoms with E-state index in [0.717, 1.165) is 19.1 Å². The third-order valence-corrected chi connectivity index (χ3v) is 3.25. The summed E-state index contributed by atoms with van der Waals surface area (Å²) < 4.78 is 10.3. The van der Waals surface area contributed by atoms with Crippen LogP contribution < -0.4 is 0 Å². The Labute approximate surface area is 148 Å². The fourth-order valence-corrected chi connectivity index (χ4v) is 2.13. The van der Waals surface area contributed by atoms with Crippen LogP contribution in [0.1, 0.15) is 63.8 Å². The first-order chi connectivity index (χ1) is 11.7. The SMILES string of the molecule is CC.CC(C)(C)OC(=O)N1CCC(C#Cc2nc(C(=O)O)co2)CC1. The van der Waals surface area contributed by atoms with E-state index in [1.54, 1.807) is 4.90 Å². The maximum atomic E-state index is 12.0. The third kappa shape index (κ3) is 6.87. The quantitative estimate of drug-likeness (QED) is 0.780. The van der Waals surface area contributed by atoms with Crippen molar-refractivity contribution in [2.75, 3.05) is 13.1 Å². The van der Waals surface area contributed by atoms with Crippen molar-refractivity contribution in [1.82, 2.24) is 9.88 Å². The van der Waals surface area contributed by atoms with E-state index in [0.29, 0.717) is 13.1 Å². The maximum Gasteiger partial charge on any atom is 0.410 e. The molecule has 25 heavy (non-hydrogen) atoms. The summed E-state index contributed by atoms with van der Waals surface area (Å²) in [5.41, 5.74) is -0.658. The van der Waals surface area contributed by atoms with Crippen LogP contribution in [0.15, 0.2) is 10.7 Å². The summed E-state index contributed by atoms with van der Waals surface area (Å²) in [6.45, 7) is 10.7. The standard InChI is InChI=1S/C16H20N2O5.C2H6/c1-16(2,3)23-15(21)18-8-6-11(7-9-18)4-5-13-17-12(10-22-13)14(19)20;1-2/h10-11H,6-9H2,1-3H3,(H,19,20);1-2H3. The Balaban J connectivity index is 0.00000151. The molecule has 0 saturated carbocycles. The molecule has 1 aliphatic heterocycles. The van der Waals surface area contributed by atoms with Gasteiger partial charge in [-0.05, 0) is 39.5 Å². The number of hydrogen-bond acceptors (Lipinski definition) is 5. The van der Waals surface area contributed by atoms with Crippen LogP contribution in [-0.2, 0) is 4.74 Å². The molecule has 1 aromatic heterocycles. The van der Waals surface area contributed by atoms with Gasteiger partial charge >= 0.3 is 12.1 Å². The van der Waals surface area contributed by atoms with Gasteiger partial charge in [-0.25, -0.2) is 9.59 Å². The number of aromatic nitrogens is 1. The van der Waals surface area contributed by atoms with Gasteiger partial charge in [0.15, 0.2) is 5.69 Å². The normalized spacial score (nSPS) is 14.7. The molecule has 7 nitrogen and oxygen atoms in total. The molecule has 0 aromatic carbocycles. The third-order valence-electron chi connectivity index (χ3n) is 3.25. The van der Waals surface area contributed by atoms with Crippen molar-refractivity contribution in [1.29, 1.82) is 0 Å². The zero-order valence-corrected chi connectivity index (χ0v) is 15.5. The first kappa shape index (κ1) is 20.6. The van der Waals surface area contributed by atoms with Gasteiger partial charge in [-0.1, -0.05) is 19.8 Å². The molecule has 0 spiro atoms. The highest BCUT2D eigenvalue weighted by Crippen LogP contribution is 2.19. The number of nitrogens with zero attached hydrogens (tertiary/aromatic N) is 2. The molecule has 0 aliphatic carbocycles. The molecule has 0 unspecified atom stereocenters. The lowest BCUT2D eigenvalue weighted by Gasteiger charge is -2.31. The van der Waals surface area contributed by atoms with Crippen molar-refractivity contribution in [2.24, 2.45) is 5.92 Å². The number of carboxylic acids is 1. The van der Waals surface area contributed by atoms with Gasteiger partial charge in [0, 0.05) is 19.0 Å². The molecule has 138 valence electrons. The Morgan fingerprint density at radius 1 is 1.32 bits per heavy atom. The number of rotatable bonds is 1. The lowest BCUT2D eigenvalue weighted by molar-refractivity contribution is 0.0199. The number of hydrogen-bond donors (Lipinski definition) is 1. The highest BCUT2D eigenvalue weighted by molar-refractivity contribution is 5.84. The van der Waals surface area contributed by atoms with Crippen molar-refractivity contribution in [3.8, 4) is 11.8 Å². The molecule has 1 aliphatic rings. The summed E-state index contributed by atoms with van der Waals surface area (Å²) in [6, 6.07) is 0. The molecule has 0 radical (unpaired) electrons. The van der Waals surface area contributed by atoms with Gasteiger partial charge in [-0.3, -0.25) is 0 Å². The molecule has 1 saturated heterocycles. The molecule has 0 bridgehead atoms. The van der Waals surface area contributed by atoms with E-state index in [-0.39, 0.29) is 23.6 Å². The maximum absolute atomic E-state index is 12.0. The summed E-state index contributed by atoms with van der Waals surface area (Å²) in [5, 5.41) is 8.76. The summed E-state index contributed by atoms with van der Waals surface area (Å²) in [4.78, 5) is 28.1. The molecular formula is C18H26N2O5. The molecule has 2 rings (SSSR count). The van der Waals surface area contributed by atoms with Gasteiger partial charge in [0.2, 0.25) is 0 Å². The lowest BCUT2D eigenvalue weighted by atomic mass is 9.98. The fraction of sp³-hybridized carbons (Fsp3) is 0.611. The van der Waals surface area contributed by atoms with E-state index < -0.39 is 11.6 Å². The van der Waals surface area contributed by atoms with Gasteiger partial charge in [0.1, 0.15) is 11.9 Å². The first-order valence-electron chi connectivity index (χ1n) is 8.43. The van der Waals surface area contributed by atoms with Crippen LogP contribution in [0.5, 0.6) is 0 Å². The first-order valence-corrected chi connectivity index (χ1v) is 8.43. The number of carbonyl (C=O) groups excluding carboxylic acids is 1. The molecule has 1 aromatic rings. The monoisotopic (exact) mass is 350 g/mol. The zero-order chi connectivity index (χ0) is 19.0. The smallest absolute Gasteiger partial charge is 0.410 e. The minimum Gasteiger partial charge on any atom is -0.476 e. The summed E-state index contributed by atoms with van der Waals surface area (Å²) >= 11 is 0. The van der Waals surface area contributed by atoms with E-state index in [1.165, 1.54) is 0 Å².